The first-order valence-electron chi connectivity index (χ1n) is 14.0. The SMILES string of the molecule is CC(=O)N(NCc1cccc(F)c1Cl)[C@@H](CCCNS(=O)(=O)NC(=O)OC(C)(C)C)CON(C=O)c1cc2cc(F)ccc2cn1. The van der Waals surface area contributed by atoms with Gasteiger partial charge < -0.3 is 4.74 Å². The van der Waals surface area contributed by atoms with Crippen LogP contribution in [0.1, 0.15) is 46.1 Å². The zero-order valence-electron chi connectivity index (χ0n) is 25.6. The van der Waals surface area contributed by atoms with E-state index in [9.17, 15) is 31.6 Å². The van der Waals surface area contributed by atoms with Crippen molar-refractivity contribution in [3.8, 4) is 0 Å². The van der Waals surface area contributed by atoms with Crippen molar-refractivity contribution in [1.29, 1.82) is 0 Å². The number of benzene rings is 2. The molecule has 0 spiro atoms. The van der Waals surface area contributed by atoms with E-state index in [-0.39, 0.29) is 43.4 Å². The lowest BCUT2D eigenvalue weighted by molar-refractivity contribution is -0.137. The summed E-state index contributed by atoms with van der Waals surface area (Å²) in [5.41, 5.74) is 2.34. The van der Waals surface area contributed by atoms with Gasteiger partial charge in [-0.05, 0) is 74.9 Å². The van der Waals surface area contributed by atoms with E-state index in [1.165, 1.54) is 54.5 Å². The van der Waals surface area contributed by atoms with E-state index in [1.807, 2.05) is 0 Å². The number of nitrogens with zero attached hydrogens (tertiary/aromatic N) is 3. The van der Waals surface area contributed by atoms with E-state index in [0.29, 0.717) is 22.7 Å². The van der Waals surface area contributed by atoms with Gasteiger partial charge in [-0.15, -0.1) is 0 Å². The minimum atomic E-state index is -4.27. The van der Waals surface area contributed by atoms with Crippen LogP contribution in [0.25, 0.3) is 10.8 Å². The van der Waals surface area contributed by atoms with Gasteiger partial charge in [0.05, 0.1) is 17.7 Å². The normalized spacial score (nSPS) is 12.4. The van der Waals surface area contributed by atoms with E-state index in [0.717, 1.165) is 5.06 Å². The van der Waals surface area contributed by atoms with Crippen molar-refractivity contribution in [1.82, 2.24) is 24.9 Å². The molecule has 17 heteroatoms. The van der Waals surface area contributed by atoms with Crippen molar-refractivity contribution in [2.75, 3.05) is 18.2 Å². The number of hydrazine groups is 1. The van der Waals surface area contributed by atoms with Gasteiger partial charge in [-0.25, -0.2) is 28.7 Å². The molecule has 13 nitrogen and oxygen atoms in total. The summed E-state index contributed by atoms with van der Waals surface area (Å²) in [4.78, 5) is 46.5. The predicted molar refractivity (Wildman–Crippen MR) is 166 cm³/mol. The maximum atomic E-state index is 14.0. The van der Waals surface area contributed by atoms with Gasteiger partial charge in [0.1, 0.15) is 17.2 Å². The molecule has 3 aromatic rings. The number of hydrogen-bond donors (Lipinski definition) is 3. The monoisotopic (exact) mass is 684 g/mol. The molecule has 3 rings (SSSR count). The van der Waals surface area contributed by atoms with Gasteiger partial charge in [0, 0.05) is 31.6 Å². The van der Waals surface area contributed by atoms with Crippen molar-refractivity contribution < 1.29 is 41.2 Å². The van der Waals surface area contributed by atoms with Crippen LogP contribution in [0.5, 0.6) is 0 Å². The van der Waals surface area contributed by atoms with E-state index < -0.39 is 45.5 Å². The molecule has 1 atom stereocenters. The molecule has 0 saturated heterocycles. The van der Waals surface area contributed by atoms with Crippen LogP contribution in [0.3, 0.4) is 0 Å². The highest BCUT2D eigenvalue weighted by molar-refractivity contribution is 7.88. The van der Waals surface area contributed by atoms with Gasteiger partial charge in [0.2, 0.25) is 12.3 Å². The number of amides is 3. The number of rotatable bonds is 15. The number of anilines is 1. The number of ether oxygens (including phenoxy) is 1. The third-order valence-corrected chi connectivity index (χ3v) is 7.64. The number of aromatic nitrogens is 1. The predicted octanol–water partition coefficient (Wildman–Crippen LogP) is 4.12. The Kier molecular flexibility index (Phi) is 12.7. The van der Waals surface area contributed by atoms with Gasteiger partial charge in [-0.1, -0.05) is 23.7 Å². The first-order chi connectivity index (χ1) is 21.6. The molecule has 3 N–H and O–H groups in total. The van der Waals surface area contributed by atoms with E-state index in [4.69, 9.17) is 21.2 Å². The van der Waals surface area contributed by atoms with Crippen molar-refractivity contribution >= 4 is 56.8 Å². The molecule has 0 aliphatic rings. The molecule has 2 aromatic carbocycles. The lowest BCUT2D eigenvalue weighted by Gasteiger charge is -2.32. The highest BCUT2D eigenvalue weighted by atomic mass is 35.5. The van der Waals surface area contributed by atoms with Crippen LogP contribution in [-0.2, 0) is 35.9 Å². The zero-order chi connectivity index (χ0) is 34.1. The smallest absolute Gasteiger partial charge is 0.422 e. The molecule has 0 fully saturated rings. The van der Waals surface area contributed by atoms with Crippen molar-refractivity contribution in [2.24, 2.45) is 0 Å². The van der Waals surface area contributed by atoms with E-state index >= 15 is 0 Å². The standard InChI is InChI=1S/C29H35ClF2N6O7S/c1-19(40)38(34-16-21-7-5-9-25(32)27(21)30)24(8-6-12-35-46(42,43)36-28(41)45-29(2,3)4)17-44-37(18-39)26-14-22-13-23(31)11-10-20(22)15-33-26/h5,7,9-11,13-15,18,24,34-35H,6,8,12,16-17H2,1-4H3,(H,36,41)/t24-/m0/s1. The van der Waals surface area contributed by atoms with Gasteiger partial charge in [-0.2, -0.15) is 18.2 Å². The Morgan fingerprint density at radius 3 is 2.54 bits per heavy atom. The highest BCUT2D eigenvalue weighted by Crippen LogP contribution is 2.22. The fraction of sp³-hybridized carbons (Fsp3) is 0.379. The Hall–Kier alpha value is -3.96. The number of carbonyl (C=O) groups excluding carboxylic acids is 3. The summed E-state index contributed by atoms with van der Waals surface area (Å²) in [7, 11) is -4.27. The molecule has 0 saturated carbocycles. The maximum absolute atomic E-state index is 14.0. The molecule has 46 heavy (non-hydrogen) atoms. The average Bonchev–Trinajstić information content (AvgIpc) is 2.95. The Labute approximate surface area is 270 Å². The lowest BCUT2D eigenvalue weighted by Crippen LogP contribution is -2.51. The summed E-state index contributed by atoms with van der Waals surface area (Å²) in [5.74, 6) is -1.57. The van der Waals surface area contributed by atoms with Crippen LogP contribution in [0.4, 0.5) is 19.4 Å². The van der Waals surface area contributed by atoms with E-state index in [2.05, 4.69) is 15.1 Å². The Morgan fingerprint density at radius 1 is 1.13 bits per heavy atom. The van der Waals surface area contributed by atoms with Gasteiger partial charge >= 0.3 is 16.3 Å². The second kappa shape index (κ2) is 16.0. The summed E-state index contributed by atoms with van der Waals surface area (Å²) in [6.07, 6.45) is 0.864. The lowest BCUT2D eigenvalue weighted by atomic mass is 10.1. The average molecular weight is 685 g/mol. The third kappa shape index (κ3) is 11.1. The van der Waals surface area contributed by atoms with Crippen molar-refractivity contribution in [2.45, 2.75) is 58.7 Å². The van der Waals surface area contributed by atoms with Crippen LogP contribution in [0.15, 0.2) is 48.7 Å². The second-order valence-electron chi connectivity index (χ2n) is 11.0. The Bertz CT molecular complexity index is 1660. The quantitative estimate of drug-likeness (QED) is 0.122. The maximum Gasteiger partial charge on any atom is 0.422 e. The fourth-order valence-electron chi connectivity index (χ4n) is 4.17. The topological polar surface area (TPSA) is 159 Å². The minimum absolute atomic E-state index is 0.0432. The molecule has 0 aliphatic heterocycles. The molecule has 0 aliphatic carbocycles. The van der Waals surface area contributed by atoms with Crippen molar-refractivity contribution in [3.63, 3.8) is 0 Å². The van der Waals surface area contributed by atoms with Crippen LogP contribution >= 0.6 is 11.6 Å². The van der Waals surface area contributed by atoms with Gasteiger partial charge in [-0.3, -0.25) is 19.4 Å². The highest BCUT2D eigenvalue weighted by Gasteiger charge is 2.25. The van der Waals surface area contributed by atoms with Crippen LogP contribution < -0.4 is 19.9 Å². The number of hydroxylamine groups is 1. The van der Waals surface area contributed by atoms with Crippen LogP contribution in [0, 0.1) is 11.6 Å². The molecule has 1 aromatic heterocycles. The first kappa shape index (κ1) is 36.5. The summed E-state index contributed by atoms with van der Waals surface area (Å²) >= 11 is 6.07. The summed E-state index contributed by atoms with van der Waals surface area (Å²) in [5, 5.41) is 2.96. The largest absolute Gasteiger partial charge is 0.443 e. The third-order valence-electron chi connectivity index (χ3n) is 6.20. The second-order valence-corrected chi connectivity index (χ2v) is 12.9. The molecule has 0 radical (unpaired) electrons. The first-order valence-corrected chi connectivity index (χ1v) is 15.8. The number of pyridine rings is 1. The minimum Gasteiger partial charge on any atom is -0.443 e. The number of nitrogens with one attached hydrogen (secondary N) is 3. The van der Waals surface area contributed by atoms with Crippen LogP contribution in [0.2, 0.25) is 5.02 Å². The van der Waals surface area contributed by atoms with E-state index in [1.54, 1.807) is 31.6 Å². The number of halogens is 3. The van der Waals surface area contributed by atoms with Crippen molar-refractivity contribution in [3.05, 3.63) is 70.9 Å². The van der Waals surface area contributed by atoms with Crippen LogP contribution in [-0.4, -0.2) is 61.6 Å². The molecule has 0 unspecified atom stereocenters. The molecular weight excluding hydrogens is 650 g/mol. The van der Waals surface area contributed by atoms with Gasteiger partial charge in [0.15, 0.2) is 5.82 Å². The Balaban J connectivity index is 1.75. The summed E-state index contributed by atoms with van der Waals surface area (Å²) in [6, 6.07) is 8.90. The number of hydrogen-bond acceptors (Lipinski definition) is 9. The summed E-state index contributed by atoms with van der Waals surface area (Å²) < 4.78 is 61.3. The molecule has 1 heterocycles. The zero-order valence-corrected chi connectivity index (χ0v) is 27.1. The molecular formula is C29H35ClF2N6O7S. The molecule has 3 amide bonds. The Morgan fingerprint density at radius 2 is 1.87 bits per heavy atom. The summed E-state index contributed by atoms with van der Waals surface area (Å²) in [6.45, 7) is 5.47. The van der Waals surface area contributed by atoms with Gasteiger partial charge in [0.25, 0.3) is 0 Å². The number of carbonyl (C=O) groups is 3. The molecule has 250 valence electrons. The number of fused-ring (bicyclic) bond motifs is 1. The fourth-order valence-corrected chi connectivity index (χ4v) is 5.11. The molecule has 0 bridgehead atoms.